The number of nitrogens with zero attached hydrogens (tertiary/aromatic N) is 2. The van der Waals surface area contributed by atoms with Gasteiger partial charge in [-0.1, -0.05) is 6.92 Å². The molecule has 114 valence electrons. The average Bonchev–Trinajstić information content (AvgIpc) is 2.80. The summed E-state index contributed by atoms with van der Waals surface area (Å²) in [6.45, 7) is 6.64. The highest BCUT2D eigenvalue weighted by molar-refractivity contribution is 7.99. The van der Waals surface area contributed by atoms with Crippen molar-refractivity contribution in [3.05, 3.63) is 16.1 Å². The van der Waals surface area contributed by atoms with Crippen LogP contribution in [-0.2, 0) is 0 Å². The van der Waals surface area contributed by atoms with Gasteiger partial charge >= 0.3 is 0 Å². The maximum atomic E-state index is 12.3. The third-order valence-electron chi connectivity index (χ3n) is 3.58. The number of nitrogens with one attached hydrogen (secondary N) is 1. The van der Waals surface area contributed by atoms with E-state index in [0.717, 1.165) is 27.9 Å². The summed E-state index contributed by atoms with van der Waals surface area (Å²) in [4.78, 5) is 13.5. The van der Waals surface area contributed by atoms with Crippen molar-refractivity contribution in [1.82, 2.24) is 15.5 Å². The van der Waals surface area contributed by atoms with Gasteiger partial charge < -0.3 is 11.1 Å². The highest BCUT2D eigenvalue weighted by Gasteiger charge is 2.19. The molecule has 0 radical (unpaired) electrons. The maximum absolute atomic E-state index is 12.3. The Morgan fingerprint density at radius 1 is 1.43 bits per heavy atom. The number of carbonyl (C=O) groups is 1. The molecule has 1 amide bonds. The fourth-order valence-corrected chi connectivity index (χ4v) is 3.37. The molecule has 0 spiro atoms. The van der Waals surface area contributed by atoms with Crippen LogP contribution in [0, 0.1) is 13.8 Å². The van der Waals surface area contributed by atoms with Gasteiger partial charge in [0.15, 0.2) is 0 Å². The summed E-state index contributed by atoms with van der Waals surface area (Å²) in [6.07, 6.45) is 3.01. The lowest BCUT2D eigenvalue weighted by molar-refractivity contribution is 0.0958. The summed E-state index contributed by atoms with van der Waals surface area (Å²) in [5, 5.41) is 12.5. The molecule has 0 saturated carbocycles. The molecular formula is C14H20N4OS2. The predicted molar refractivity (Wildman–Crippen MR) is 91.2 cm³/mol. The Morgan fingerprint density at radius 3 is 2.81 bits per heavy atom. The molecule has 0 saturated heterocycles. The first-order valence-corrected chi connectivity index (χ1v) is 8.89. The number of carbonyl (C=O) groups excluding carboxylic acids is 1. The van der Waals surface area contributed by atoms with E-state index in [-0.39, 0.29) is 5.91 Å². The summed E-state index contributed by atoms with van der Waals surface area (Å²) in [6, 6.07) is 0. The van der Waals surface area contributed by atoms with Crippen molar-refractivity contribution in [3.8, 4) is 0 Å². The van der Waals surface area contributed by atoms with E-state index in [2.05, 4.69) is 28.7 Å². The Hall–Kier alpha value is -1.34. The van der Waals surface area contributed by atoms with Gasteiger partial charge in [0.2, 0.25) is 0 Å². The minimum absolute atomic E-state index is 0.124. The molecule has 3 N–H and O–H groups in total. The topological polar surface area (TPSA) is 80.9 Å². The van der Waals surface area contributed by atoms with Gasteiger partial charge in [-0.25, -0.2) is 0 Å². The van der Waals surface area contributed by atoms with E-state index >= 15 is 0 Å². The van der Waals surface area contributed by atoms with Crippen LogP contribution in [0.2, 0.25) is 0 Å². The van der Waals surface area contributed by atoms with Gasteiger partial charge in [0.05, 0.1) is 11.4 Å². The third kappa shape index (κ3) is 3.29. The van der Waals surface area contributed by atoms with E-state index in [9.17, 15) is 4.79 Å². The number of thioether (sulfide) groups is 1. The summed E-state index contributed by atoms with van der Waals surface area (Å²) in [7, 11) is 0. The Kier molecular flexibility index (Phi) is 5.05. The predicted octanol–water partition coefficient (Wildman–Crippen LogP) is 2.76. The Morgan fingerprint density at radius 2 is 2.14 bits per heavy atom. The molecule has 0 aliphatic heterocycles. The van der Waals surface area contributed by atoms with E-state index in [1.807, 2.05) is 13.8 Å². The SMILES string of the molecule is CSC(C)CCNC(=O)c1sc2nnc(C)c(C)c2c1N. The van der Waals surface area contributed by atoms with Gasteiger partial charge in [-0.2, -0.15) is 16.9 Å². The standard InChI is InChI=1S/C14H20N4OS2/c1-7(20-4)5-6-16-13(19)12-11(15)10-8(2)9(3)17-18-14(10)21-12/h7H,5-6,15H2,1-4H3,(H,16,19). The number of aryl methyl sites for hydroxylation is 2. The number of nitrogens with two attached hydrogens (primary N) is 1. The zero-order valence-electron chi connectivity index (χ0n) is 12.7. The largest absolute Gasteiger partial charge is 0.397 e. The normalized spacial score (nSPS) is 12.6. The molecule has 21 heavy (non-hydrogen) atoms. The van der Waals surface area contributed by atoms with Gasteiger partial charge in [-0.3, -0.25) is 4.79 Å². The summed E-state index contributed by atoms with van der Waals surface area (Å²) < 4.78 is 0. The van der Waals surface area contributed by atoms with Crippen LogP contribution in [0.25, 0.3) is 10.2 Å². The van der Waals surface area contributed by atoms with Crippen LogP contribution >= 0.6 is 23.1 Å². The first kappa shape index (κ1) is 16.0. The number of rotatable bonds is 5. The van der Waals surface area contributed by atoms with E-state index in [1.165, 1.54) is 11.3 Å². The molecular weight excluding hydrogens is 304 g/mol. The van der Waals surface area contributed by atoms with Crippen molar-refractivity contribution in [1.29, 1.82) is 0 Å². The third-order valence-corrected chi connectivity index (χ3v) is 5.71. The fraction of sp³-hybridized carbons (Fsp3) is 0.500. The van der Waals surface area contributed by atoms with E-state index in [0.29, 0.717) is 22.4 Å². The number of nitrogen functional groups attached to an aromatic ring is 1. The zero-order valence-corrected chi connectivity index (χ0v) is 14.3. The lowest BCUT2D eigenvalue weighted by atomic mass is 10.1. The van der Waals surface area contributed by atoms with Gasteiger partial charge in [0, 0.05) is 17.2 Å². The number of fused-ring (bicyclic) bond motifs is 1. The Labute approximate surface area is 132 Å². The lowest BCUT2D eigenvalue weighted by Crippen LogP contribution is -2.25. The second-order valence-electron chi connectivity index (χ2n) is 5.03. The molecule has 0 aromatic carbocycles. The molecule has 5 nitrogen and oxygen atoms in total. The monoisotopic (exact) mass is 324 g/mol. The van der Waals surface area contributed by atoms with Crippen LogP contribution < -0.4 is 11.1 Å². The Balaban J connectivity index is 2.20. The molecule has 7 heteroatoms. The van der Waals surface area contributed by atoms with Crippen LogP contribution in [-0.4, -0.2) is 34.2 Å². The van der Waals surface area contributed by atoms with Crippen LogP contribution in [0.5, 0.6) is 0 Å². The van der Waals surface area contributed by atoms with Gasteiger partial charge in [0.25, 0.3) is 5.91 Å². The van der Waals surface area contributed by atoms with Gasteiger partial charge in [-0.15, -0.1) is 16.4 Å². The highest BCUT2D eigenvalue weighted by atomic mass is 32.2. The van der Waals surface area contributed by atoms with Gasteiger partial charge in [0.1, 0.15) is 9.71 Å². The second-order valence-corrected chi connectivity index (χ2v) is 7.30. The summed E-state index contributed by atoms with van der Waals surface area (Å²) in [5.74, 6) is -0.124. The van der Waals surface area contributed by atoms with Crippen LogP contribution in [0.3, 0.4) is 0 Å². The first-order valence-electron chi connectivity index (χ1n) is 6.78. The number of hydrogen-bond acceptors (Lipinski definition) is 6. The number of hydrogen-bond donors (Lipinski definition) is 2. The highest BCUT2D eigenvalue weighted by Crippen LogP contribution is 2.34. The molecule has 1 atom stereocenters. The molecule has 0 fully saturated rings. The van der Waals surface area contributed by atoms with E-state index in [1.54, 1.807) is 11.8 Å². The molecule has 2 heterocycles. The quantitative estimate of drug-likeness (QED) is 0.884. The maximum Gasteiger partial charge on any atom is 0.263 e. The molecule has 1 unspecified atom stereocenters. The zero-order chi connectivity index (χ0) is 15.6. The number of anilines is 1. The number of thiophene rings is 1. The smallest absolute Gasteiger partial charge is 0.263 e. The van der Waals surface area contributed by atoms with E-state index in [4.69, 9.17) is 5.73 Å². The summed E-state index contributed by atoms with van der Waals surface area (Å²) >= 11 is 3.09. The fourth-order valence-electron chi connectivity index (χ4n) is 2.00. The molecule has 0 bridgehead atoms. The van der Waals surface area contributed by atoms with Crippen LogP contribution in [0.15, 0.2) is 0 Å². The lowest BCUT2D eigenvalue weighted by Gasteiger charge is -2.08. The second kappa shape index (κ2) is 6.62. The van der Waals surface area contributed by atoms with Crippen molar-refractivity contribution in [2.24, 2.45) is 0 Å². The van der Waals surface area contributed by atoms with Crippen LogP contribution in [0.1, 0.15) is 34.3 Å². The van der Waals surface area contributed by atoms with Crippen molar-refractivity contribution < 1.29 is 4.79 Å². The average molecular weight is 324 g/mol. The Bertz CT molecular complexity index is 669. The molecule has 2 aromatic heterocycles. The molecule has 2 rings (SSSR count). The van der Waals surface area contributed by atoms with Gasteiger partial charge in [-0.05, 0) is 32.1 Å². The van der Waals surface area contributed by atoms with Crippen molar-refractivity contribution >= 4 is 44.9 Å². The summed E-state index contributed by atoms with van der Waals surface area (Å²) in [5.41, 5.74) is 8.49. The molecule has 0 aliphatic rings. The number of amides is 1. The first-order chi connectivity index (χ1) is 9.95. The molecule has 0 aliphatic carbocycles. The minimum Gasteiger partial charge on any atom is -0.397 e. The minimum atomic E-state index is -0.124. The van der Waals surface area contributed by atoms with Crippen molar-refractivity contribution in [2.45, 2.75) is 32.4 Å². The van der Waals surface area contributed by atoms with Crippen molar-refractivity contribution in [3.63, 3.8) is 0 Å². The number of aromatic nitrogens is 2. The van der Waals surface area contributed by atoms with E-state index < -0.39 is 0 Å². The van der Waals surface area contributed by atoms with Crippen LogP contribution in [0.4, 0.5) is 5.69 Å². The molecule has 2 aromatic rings. The van der Waals surface area contributed by atoms with Crippen molar-refractivity contribution in [2.75, 3.05) is 18.5 Å².